The fraction of sp³-hybridized carbons (Fsp3) is 0.667. The number of likely N-dealkylation sites (tertiary alicyclic amines) is 1. The molecule has 1 aromatic rings. The minimum absolute atomic E-state index is 0.243. The fourth-order valence-electron chi connectivity index (χ4n) is 2.76. The average molecular weight is 275 g/mol. The Bertz CT molecular complexity index is 381. The number of nitrogens with zero attached hydrogens (tertiary/aromatic N) is 1. The Hall–Kier alpha value is -0.860. The topological polar surface area (TPSA) is 12.5 Å². The van der Waals surface area contributed by atoms with Crippen molar-refractivity contribution in [2.45, 2.75) is 65.2 Å². The first-order valence-corrected chi connectivity index (χ1v) is 8.14. The first-order chi connectivity index (χ1) is 9.69. The highest BCUT2D eigenvalue weighted by atomic mass is 16.5. The normalized spacial score (nSPS) is 19.8. The molecule has 1 heterocycles. The summed E-state index contributed by atoms with van der Waals surface area (Å²) in [5.41, 5.74) is 2.71. The van der Waals surface area contributed by atoms with Crippen LogP contribution in [0.3, 0.4) is 0 Å². The van der Waals surface area contributed by atoms with E-state index in [-0.39, 0.29) is 6.23 Å². The summed E-state index contributed by atoms with van der Waals surface area (Å²) in [5, 5.41) is 0. The molecule has 1 aromatic carbocycles. The first-order valence-electron chi connectivity index (χ1n) is 8.14. The van der Waals surface area contributed by atoms with Crippen molar-refractivity contribution in [1.29, 1.82) is 0 Å². The van der Waals surface area contributed by atoms with Crippen molar-refractivity contribution in [2.75, 3.05) is 13.1 Å². The van der Waals surface area contributed by atoms with Crippen LogP contribution in [-0.2, 0) is 11.2 Å². The van der Waals surface area contributed by atoms with Crippen molar-refractivity contribution >= 4 is 0 Å². The summed E-state index contributed by atoms with van der Waals surface area (Å²) in [6.07, 6.45) is 6.67. The standard InChI is InChI=1S/C18H29NO/c1-4-16(3)20-18(19-12-6-5-7-13-19)14-17-10-8-15(2)9-11-17/h8-11,16,18H,4-7,12-14H2,1-3H3. The van der Waals surface area contributed by atoms with Crippen LogP contribution >= 0.6 is 0 Å². The van der Waals surface area contributed by atoms with Crippen LogP contribution in [0.5, 0.6) is 0 Å². The van der Waals surface area contributed by atoms with Gasteiger partial charge in [0.25, 0.3) is 0 Å². The molecule has 0 aromatic heterocycles. The van der Waals surface area contributed by atoms with Crippen LogP contribution in [0.1, 0.15) is 50.7 Å². The predicted molar refractivity (Wildman–Crippen MR) is 84.9 cm³/mol. The minimum Gasteiger partial charge on any atom is -0.360 e. The van der Waals surface area contributed by atoms with Crippen LogP contribution in [0, 0.1) is 6.92 Å². The summed E-state index contributed by atoms with van der Waals surface area (Å²) in [6, 6.07) is 8.89. The largest absolute Gasteiger partial charge is 0.360 e. The molecule has 2 atom stereocenters. The summed E-state index contributed by atoms with van der Waals surface area (Å²) in [4.78, 5) is 2.54. The SMILES string of the molecule is CCC(C)OC(Cc1ccc(C)cc1)N1CCCCC1. The molecule has 0 saturated carbocycles. The van der Waals surface area contributed by atoms with E-state index in [1.165, 1.54) is 43.5 Å². The van der Waals surface area contributed by atoms with Crippen LogP contribution in [0.4, 0.5) is 0 Å². The monoisotopic (exact) mass is 275 g/mol. The van der Waals surface area contributed by atoms with Gasteiger partial charge in [-0.15, -0.1) is 0 Å². The zero-order valence-corrected chi connectivity index (χ0v) is 13.3. The summed E-state index contributed by atoms with van der Waals surface area (Å²) in [5.74, 6) is 0. The molecule has 0 radical (unpaired) electrons. The van der Waals surface area contributed by atoms with Crippen molar-refractivity contribution in [1.82, 2.24) is 4.90 Å². The predicted octanol–water partition coefficient (Wildman–Crippen LogP) is 4.16. The van der Waals surface area contributed by atoms with Crippen molar-refractivity contribution < 1.29 is 4.74 Å². The Morgan fingerprint density at radius 1 is 1.10 bits per heavy atom. The lowest BCUT2D eigenvalue weighted by Crippen LogP contribution is -2.43. The number of benzene rings is 1. The summed E-state index contributed by atoms with van der Waals surface area (Å²) in [7, 11) is 0. The van der Waals surface area contributed by atoms with E-state index < -0.39 is 0 Å². The zero-order valence-electron chi connectivity index (χ0n) is 13.3. The third-order valence-electron chi connectivity index (χ3n) is 4.29. The lowest BCUT2D eigenvalue weighted by Gasteiger charge is -2.36. The van der Waals surface area contributed by atoms with Gasteiger partial charge in [0, 0.05) is 19.5 Å². The maximum absolute atomic E-state index is 6.30. The molecule has 20 heavy (non-hydrogen) atoms. The molecule has 1 saturated heterocycles. The average Bonchev–Trinajstić information content (AvgIpc) is 2.49. The van der Waals surface area contributed by atoms with Gasteiger partial charge in [0.1, 0.15) is 6.23 Å². The molecule has 2 heteroatoms. The van der Waals surface area contributed by atoms with E-state index in [2.05, 4.69) is 49.9 Å². The number of rotatable bonds is 6. The Morgan fingerprint density at radius 2 is 1.75 bits per heavy atom. The molecule has 0 bridgehead atoms. The number of aryl methyl sites for hydroxylation is 1. The Labute approximate surface area is 124 Å². The molecule has 112 valence electrons. The molecule has 2 unspecified atom stereocenters. The van der Waals surface area contributed by atoms with Crippen LogP contribution in [-0.4, -0.2) is 30.3 Å². The molecule has 1 aliphatic heterocycles. The van der Waals surface area contributed by atoms with Gasteiger partial charge in [-0.1, -0.05) is 43.2 Å². The highest BCUT2D eigenvalue weighted by Gasteiger charge is 2.23. The Morgan fingerprint density at radius 3 is 2.35 bits per heavy atom. The van der Waals surface area contributed by atoms with Crippen LogP contribution in [0.15, 0.2) is 24.3 Å². The van der Waals surface area contributed by atoms with Crippen LogP contribution < -0.4 is 0 Å². The Balaban J connectivity index is 2.02. The third kappa shape index (κ3) is 4.60. The molecule has 2 rings (SSSR count). The molecule has 0 aliphatic carbocycles. The fourth-order valence-corrected chi connectivity index (χ4v) is 2.76. The highest BCUT2D eigenvalue weighted by molar-refractivity contribution is 5.21. The van der Waals surface area contributed by atoms with E-state index in [1.807, 2.05) is 0 Å². The maximum Gasteiger partial charge on any atom is 0.115 e. The third-order valence-corrected chi connectivity index (χ3v) is 4.29. The maximum atomic E-state index is 6.30. The van der Waals surface area contributed by atoms with E-state index in [0.29, 0.717) is 6.10 Å². The van der Waals surface area contributed by atoms with E-state index in [4.69, 9.17) is 4.74 Å². The molecular formula is C18H29NO. The van der Waals surface area contributed by atoms with E-state index in [9.17, 15) is 0 Å². The van der Waals surface area contributed by atoms with Crippen molar-refractivity contribution in [3.8, 4) is 0 Å². The van der Waals surface area contributed by atoms with Crippen LogP contribution in [0.25, 0.3) is 0 Å². The quantitative estimate of drug-likeness (QED) is 0.773. The molecule has 1 fully saturated rings. The highest BCUT2D eigenvalue weighted by Crippen LogP contribution is 2.19. The summed E-state index contributed by atoms with van der Waals surface area (Å²) < 4.78 is 6.30. The summed E-state index contributed by atoms with van der Waals surface area (Å²) in [6.45, 7) is 8.90. The van der Waals surface area contributed by atoms with Gasteiger partial charge in [-0.05, 0) is 38.7 Å². The second kappa shape index (κ2) is 7.80. The van der Waals surface area contributed by atoms with Crippen molar-refractivity contribution in [3.63, 3.8) is 0 Å². The minimum atomic E-state index is 0.243. The number of hydrogen-bond acceptors (Lipinski definition) is 2. The molecular weight excluding hydrogens is 246 g/mol. The molecule has 0 N–H and O–H groups in total. The lowest BCUT2D eigenvalue weighted by atomic mass is 10.1. The number of ether oxygens (including phenoxy) is 1. The number of hydrogen-bond donors (Lipinski definition) is 0. The van der Waals surface area contributed by atoms with Gasteiger partial charge in [-0.25, -0.2) is 0 Å². The van der Waals surface area contributed by atoms with Crippen molar-refractivity contribution in [2.24, 2.45) is 0 Å². The molecule has 0 spiro atoms. The van der Waals surface area contributed by atoms with Gasteiger partial charge < -0.3 is 4.74 Å². The van der Waals surface area contributed by atoms with Gasteiger partial charge in [0.05, 0.1) is 6.10 Å². The van der Waals surface area contributed by atoms with E-state index in [1.54, 1.807) is 0 Å². The van der Waals surface area contributed by atoms with E-state index >= 15 is 0 Å². The first kappa shape index (κ1) is 15.5. The molecule has 0 amide bonds. The van der Waals surface area contributed by atoms with Crippen LogP contribution in [0.2, 0.25) is 0 Å². The van der Waals surface area contributed by atoms with E-state index in [0.717, 1.165) is 12.8 Å². The summed E-state index contributed by atoms with van der Waals surface area (Å²) >= 11 is 0. The smallest absolute Gasteiger partial charge is 0.115 e. The Kier molecular flexibility index (Phi) is 6.06. The van der Waals surface area contributed by atoms with Gasteiger partial charge in [-0.2, -0.15) is 0 Å². The zero-order chi connectivity index (χ0) is 14.4. The lowest BCUT2D eigenvalue weighted by molar-refractivity contribution is -0.0993. The molecule has 1 aliphatic rings. The second-order valence-corrected chi connectivity index (χ2v) is 6.10. The van der Waals surface area contributed by atoms with Gasteiger partial charge >= 0.3 is 0 Å². The van der Waals surface area contributed by atoms with Gasteiger partial charge in [0.2, 0.25) is 0 Å². The van der Waals surface area contributed by atoms with Gasteiger partial charge in [-0.3, -0.25) is 4.90 Å². The molecule has 2 nitrogen and oxygen atoms in total. The van der Waals surface area contributed by atoms with Crippen molar-refractivity contribution in [3.05, 3.63) is 35.4 Å². The second-order valence-electron chi connectivity index (χ2n) is 6.10. The number of piperidine rings is 1. The van der Waals surface area contributed by atoms with Gasteiger partial charge in [0.15, 0.2) is 0 Å².